The summed E-state index contributed by atoms with van der Waals surface area (Å²) in [5.74, 6) is -1.51. The zero-order valence-electron chi connectivity index (χ0n) is 11.2. The fraction of sp³-hybridized carbons (Fsp3) is 0.385. The number of carbonyl (C=O) groups is 2. The molecule has 0 radical (unpaired) electrons. The standard InChI is InChI=1S/C13H16ClFN2O3/c1-8(2)6-17(7-12(18)19)13(20)16-11-4-3-9(15)5-10(11)14/h3-5,8H,6-7H2,1-2H3,(H,16,20)(H,18,19). The Morgan fingerprint density at radius 1 is 1.45 bits per heavy atom. The number of amides is 2. The second-order valence-corrected chi connectivity index (χ2v) is 5.13. The van der Waals surface area contributed by atoms with Crippen LogP contribution < -0.4 is 5.32 Å². The SMILES string of the molecule is CC(C)CN(CC(=O)O)C(=O)Nc1ccc(F)cc1Cl. The van der Waals surface area contributed by atoms with Gasteiger partial charge in [-0.2, -0.15) is 0 Å². The summed E-state index contributed by atoms with van der Waals surface area (Å²) < 4.78 is 12.9. The van der Waals surface area contributed by atoms with E-state index in [4.69, 9.17) is 16.7 Å². The summed E-state index contributed by atoms with van der Waals surface area (Å²) >= 11 is 5.80. The van der Waals surface area contributed by atoms with E-state index in [1.165, 1.54) is 6.07 Å². The number of hydrogen-bond acceptors (Lipinski definition) is 2. The molecular formula is C13H16ClFN2O3. The van der Waals surface area contributed by atoms with Crippen LogP contribution in [-0.2, 0) is 4.79 Å². The van der Waals surface area contributed by atoms with E-state index in [-0.39, 0.29) is 23.2 Å². The number of nitrogens with one attached hydrogen (secondary N) is 1. The summed E-state index contributed by atoms with van der Waals surface area (Å²) in [4.78, 5) is 23.9. The Kier molecular flexibility index (Phi) is 5.76. The number of hydrogen-bond donors (Lipinski definition) is 2. The van der Waals surface area contributed by atoms with Crippen LogP contribution >= 0.6 is 11.6 Å². The zero-order chi connectivity index (χ0) is 15.3. The van der Waals surface area contributed by atoms with E-state index in [1.807, 2.05) is 13.8 Å². The third-order valence-electron chi connectivity index (χ3n) is 2.37. The molecule has 5 nitrogen and oxygen atoms in total. The van der Waals surface area contributed by atoms with Crippen molar-refractivity contribution >= 4 is 29.3 Å². The third kappa shape index (κ3) is 5.05. The first-order valence-electron chi connectivity index (χ1n) is 6.02. The smallest absolute Gasteiger partial charge is 0.323 e. The maximum Gasteiger partial charge on any atom is 0.323 e. The molecule has 2 amide bonds. The molecule has 0 fully saturated rings. The molecule has 110 valence electrons. The summed E-state index contributed by atoms with van der Waals surface area (Å²) in [6.45, 7) is 3.61. The van der Waals surface area contributed by atoms with Crippen molar-refractivity contribution in [2.75, 3.05) is 18.4 Å². The number of carbonyl (C=O) groups excluding carboxylic acids is 1. The highest BCUT2D eigenvalue weighted by Crippen LogP contribution is 2.22. The minimum atomic E-state index is -1.11. The van der Waals surface area contributed by atoms with E-state index in [0.717, 1.165) is 17.0 Å². The van der Waals surface area contributed by atoms with Crippen molar-refractivity contribution in [1.29, 1.82) is 0 Å². The maximum absolute atomic E-state index is 12.9. The Morgan fingerprint density at radius 2 is 2.10 bits per heavy atom. The molecule has 1 aromatic carbocycles. The van der Waals surface area contributed by atoms with Gasteiger partial charge in [-0.1, -0.05) is 25.4 Å². The molecule has 0 aromatic heterocycles. The predicted molar refractivity (Wildman–Crippen MR) is 74.5 cm³/mol. The lowest BCUT2D eigenvalue weighted by Gasteiger charge is -2.23. The Labute approximate surface area is 121 Å². The van der Waals surface area contributed by atoms with Crippen LogP contribution in [0.1, 0.15) is 13.8 Å². The van der Waals surface area contributed by atoms with Gasteiger partial charge >= 0.3 is 12.0 Å². The monoisotopic (exact) mass is 302 g/mol. The van der Waals surface area contributed by atoms with Crippen LogP contribution in [0.2, 0.25) is 5.02 Å². The van der Waals surface area contributed by atoms with Crippen LogP contribution in [0.5, 0.6) is 0 Å². The van der Waals surface area contributed by atoms with E-state index < -0.39 is 24.4 Å². The highest BCUT2D eigenvalue weighted by Gasteiger charge is 2.18. The largest absolute Gasteiger partial charge is 0.480 e. The highest BCUT2D eigenvalue weighted by atomic mass is 35.5. The van der Waals surface area contributed by atoms with Crippen molar-refractivity contribution in [3.8, 4) is 0 Å². The molecule has 7 heteroatoms. The number of carboxylic acid groups (broad SMARTS) is 1. The van der Waals surface area contributed by atoms with Crippen LogP contribution in [0.4, 0.5) is 14.9 Å². The second kappa shape index (κ2) is 7.09. The minimum Gasteiger partial charge on any atom is -0.480 e. The van der Waals surface area contributed by atoms with Crippen LogP contribution in [0.15, 0.2) is 18.2 Å². The van der Waals surface area contributed by atoms with Gasteiger partial charge in [0.25, 0.3) is 0 Å². The molecule has 0 aliphatic heterocycles. The number of nitrogens with zero attached hydrogens (tertiary/aromatic N) is 1. The van der Waals surface area contributed by atoms with Crippen LogP contribution in [0.25, 0.3) is 0 Å². The van der Waals surface area contributed by atoms with Crippen molar-refractivity contribution in [3.63, 3.8) is 0 Å². The number of anilines is 1. The van der Waals surface area contributed by atoms with Gasteiger partial charge in [0.1, 0.15) is 12.4 Å². The number of aliphatic carboxylic acids is 1. The van der Waals surface area contributed by atoms with Crippen molar-refractivity contribution < 1.29 is 19.1 Å². The van der Waals surface area contributed by atoms with E-state index in [1.54, 1.807) is 0 Å². The number of urea groups is 1. The molecule has 0 atom stereocenters. The van der Waals surface area contributed by atoms with Crippen LogP contribution in [0.3, 0.4) is 0 Å². The summed E-state index contributed by atoms with van der Waals surface area (Å²) in [5.41, 5.74) is 0.234. The van der Waals surface area contributed by atoms with Crippen LogP contribution in [-0.4, -0.2) is 35.1 Å². The van der Waals surface area contributed by atoms with Gasteiger partial charge < -0.3 is 15.3 Å². The van der Waals surface area contributed by atoms with Gasteiger partial charge in [0, 0.05) is 6.54 Å². The van der Waals surface area contributed by atoms with Crippen molar-refractivity contribution in [3.05, 3.63) is 29.0 Å². The quantitative estimate of drug-likeness (QED) is 0.878. The van der Waals surface area contributed by atoms with Crippen molar-refractivity contribution in [2.24, 2.45) is 5.92 Å². The van der Waals surface area contributed by atoms with Crippen molar-refractivity contribution in [1.82, 2.24) is 4.90 Å². The second-order valence-electron chi connectivity index (χ2n) is 4.72. The summed E-state index contributed by atoms with van der Waals surface area (Å²) in [5, 5.41) is 11.3. The Hall–Kier alpha value is -1.82. The first-order valence-corrected chi connectivity index (χ1v) is 6.40. The van der Waals surface area contributed by atoms with Gasteiger partial charge in [-0.3, -0.25) is 4.79 Å². The van der Waals surface area contributed by atoms with Crippen molar-refractivity contribution in [2.45, 2.75) is 13.8 Å². The number of halogens is 2. The molecular weight excluding hydrogens is 287 g/mol. The molecule has 0 spiro atoms. The molecule has 0 unspecified atom stereocenters. The first kappa shape index (κ1) is 16.2. The lowest BCUT2D eigenvalue weighted by atomic mass is 10.2. The molecule has 1 aromatic rings. The molecule has 0 aliphatic carbocycles. The van der Waals surface area contributed by atoms with Gasteiger partial charge in [-0.15, -0.1) is 0 Å². The van der Waals surface area contributed by atoms with Gasteiger partial charge in [-0.25, -0.2) is 9.18 Å². The molecule has 0 saturated carbocycles. The van der Waals surface area contributed by atoms with Gasteiger partial charge in [0.15, 0.2) is 0 Å². The first-order chi connectivity index (χ1) is 9.29. The van der Waals surface area contributed by atoms with E-state index in [0.29, 0.717) is 0 Å². The third-order valence-corrected chi connectivity index (χ3v) is 2.68. The Balaban J connectivity index is 2.81. The fourth-order valence-electron chi connectivity index (χ4n) is 1.61. The number of rotatable bonds is 5. The molecule has 0 heterocycles. The molecule has 20 heavy (non-hydrogen) atoms. The Morgan fingerprint density at radius 3 is 2.60 bits per heavy atom. The molecule has 0 aliphatic rings. The summed E-state index contributed by atoms with van der Waals surface area (Å²) in [6, 6.07) is 2.96. The Bertz CT molecular complexity index is 508. The lowest BCUT2D eigenvalue weighted by molar-refractivity contribution is -0.137. The molecule has 1 rings (SSSR count). The number of carboxylic acids is 1. The minimum absolute atomic E-state index is 0.0539. The van der Waals surface area contributed by atoms with E-state index in [9.17, 15) is 14.0 Å². The molecule has 2 N–H and O–H groups in total. The summed E-state index contributed by atoms with van der Waals surface area (Å²) in [6.07, 6.45) is 0. The maximum atomic E-state index is 12.9. The fourth-order valence-corrected chi connectivity index (χ4v) is 1.82. The van der Waals surface area contributed by atoms with Gasteiger partial charge in [0.05, 0.1) is 10.7 Å². The zero-order valence-corrected chi connectivity index (χ0v) is 11.9. The molecule has 0 saturated heterocycles. The average Bonchev–Trinajstić information content (AvgIpc) is 2.30. The van der Waals surface area contributed by atoms with Gasteiger partial charge in [0.2, 0.25) is 0 Å². The lowest BCUT2D eigenvalue weighted by Crippen LogP contribution is -2.41. The predicted octanol–water partition coefficient (Wildman–Crippen LogP) is 3.05. The average molecular weight is 303 g/mol. The summed E-state index contributed by atoms with van der Waals surface area (Å²) in [7, 11) is 0. The normalized spacial score (nSPS) is 10.4. The molecule has 0 bridgehead atoms. The van der Waals surface area contributed by atoms with E-state index >= 15 is 0 Å². The van der Waals surface area contributed by atoms with Crippen LogP contribution in [0, 0.1) is 11.7 Å². The number of benzene rings is 1. The topological polar surface area (TPSA) is 69.6 Å². The van der Waals surface area contributed by atoms with E-state index in [2.05, 4.69) is 5.32 Å². The van der Waals surface area contributed by atoms with Gasteiger partial charge in [-0.05, 0) is 24.1 Å². The highest BCUT2D eigenvalue weighted by molar-refractivity contribution is 6.33.